The normalized spacial score (nSPS) is 18.3. The first-order chi connectivity index (χ1) is 6.84. The lowest BCUT2D eigenvalue weighted by Gasteiger charge is -2.27. The molecule has 0 unspecified atom stereocenters. The van der Waals surface area contributed by atoms with Gasteiger partial charge in [-0.25, -0.2) is 0 Å². The summed E-state index contributed by atoms with van der Waals surface area (Å²) in [5, 5.41) is 2.91. The van der Waals surface area contributed by atoms with Crippen molar-refractivity contribution < 1.29 is 9.53 Å². The number of methoxy groups -OCH3 is 1. The SMILES string of the molecule is COCC(C)(C)NC(=O)C1(C(N)=S)CC1. The van der Waals surface area contributed by atoms with Gasteiger partial charge < -0.3 is 15.8 Å². The Balaban J connectivity index is 2.60. The molecule has 1 amide bonds. The summed E-state index contributed by atoms with van der Waals surface area (Å²) in [6.07, 6.45) is 1.52. The van der Waals surface area contributed by atoms with Crippen molar-refractivity contribution in [1.29, 1.82) is 0 Å². The van der Waals surface area contributed by atoms with Crippen LogP contribution in [0.3, 0.4) is 0 Å². The van der Waals surface area contributed by atoms with Gasteiger partial charge in [0.25, 0.3) is 0 Å². The van der Waals surface area contributed by atoms with Gasteiger partial charge in [-0.15, -0.1) is 0 Å². The number of thiocarbonyl (C=S) groups is 1. The largest absolute Gasteiger partial charge is 0.392 e. The third-order valence-electron chi connectivity index (χ3n) is 2.61. The molecule has 1 saturated carbocycles. The highest BCUT2D eigenvalue weighted by Crippen LogP contribution is 2.46. The molecule has 15 heavy (non-hydrogen) atoms. The molecule has 86 valence electrons. The van der Waals surface area contributed by atoms with Gasteiger partial charge in [0.05, 0.1) is 22.5 Å². The average Bonchev–Trinajstić information content (AvgIpc) is 2.81. The zero-order chi connectivity index (χ0) is 11.7. The predicted octanol–water partition coefficient (Wildman–Crippen LogP) is 0.594. The highest BCUT2D eigenvalue weighted by atomic mass is 32.1. The Morgan fingerprint density at radius 2 is 2.13 bits per heavy atom. The van der Waals surface area contributed by atoms with E-state index < -0.39 is 5.41 Å². The van der Waals surface area contributed by atoms with Crippen molar-refractivity contribution in [1.82, 2.24) is 5.32 Å². The number of nitrogens with one attached hydrogen (secondary N) is 1. The van der Waals surface area contributed by atoms with Crippen LogP contribution in [0.5, 0.6) is 0 Å². The minimum absolute atomic E-state index is 0.0722. The Hall–Kier alpha value is -0.680. The lowest BCUT2D eigenvalue weighted by molar-refractivity contribution is -0.126. The van der Waals surface area contributed by atoms with Crippen molar-refractivity contribution in [3.63, 3.8) is 0 Å². The van der Waals surface area contributed by atoms with E-state index in [9.17, 15) is 4.79 Å². The number of hydrogen-bond acceptors (Lipinski definition) is 3. The first kappa shape index (κ1) is 12.4. The van der Waals surface area contributed by atoms with Crippen molar-refractivity contribution >= 4 is 23.1 Å². The van der Waals surface area contributed by atoms with Crippen LogP contribution in [0.1, 0.15) is 26.7 Å². The zero-order valence-electron chi connectivity index (χ0n) is 9.42. The second-order valence-electron chi connectivity index (χ2n) is 4.72. The summed E-state index contributed by atoms with van der Waals surface area (Å²) in [4.78, 5) is 12.2. The quantitative estimate of drug-likeness (QED) is 0.679. The van der Waals surface area contributed by atoms with Crippen LogP contribution in [-0.2, 0) is 9.53 Å². The topological polar surface area (TPSA) is 64.3 Å². The molecule has 0 aromatic rings. The Bertz CT molecular complexity index is 285. The lowest BCUT2D eigenvalue weighted by Crippen LogP contribution is -2.51. The average molecular weight is 230 g/mol. The van der Waals surface area contributed by atoms with Crippen LogP contribution in [0, 0.1) is 5.41 Å². The Morgan fingerprint density at radius 1 is 1.60 bits per heavy atom. The van der Waals surface area contributed by atoms with E-state index in [4.69, 9.17) is 22.7 Å². The van der Waals surface area contributed by atoms with E-state index in [0.717, 1.165) is 12.8 Å². The summed E-state index contributed by atoms with van der Waals surface area (Å²) in [6.45, 7) is 4.28. The smallest absolute Gasteiger partial charge is 0.233 e. The van der Waals surface area contributed by atoms with Crippen LogP contribution >= 0.6 is 12.2 Å². The third kappa shape index (κ3) is 2.66. The highest BCUT2D eigenvalue weighted by Gasteiger charge is 2.53. The fourth-order valence-electron chi connectivity index (χ4n) is 1.53. The summed E-state index contributed by atoms with van der Waals surface area (Å²) in [6, 6.07) is 0. The first-order valence-electron chi connectivity index (χ1n) is 4.95. The van der Waals surface area contributed by atoms with Crippen molar-refractivity contribution in [3.05, 3.63) is 0 Å². The maximum Gasteiger partial charge on any atom is 0.233 e. The molecule has 0 heterocycles. The molecule has 1 aliphatic carbocycles. The molecule has 0 spiro atoms. The van der Waals surface area contributed by atoms with Gasteiger partial charge >= 0.3 is 0 Å². The number of nitrogens with two attached hydrogens (primary N) is 1. The zero-order valence-corrected chi connectivity index (χ0v) is 10.2. The highest BCUT2D eigenvalue weighted by molar-refractivity contribution is 7.80. The number of hydrogen-bond donors (Lipinski definition) is 2. The molecule has 1 aliphatic rings. The van der Waals surface area contributed by atoms with Crippen molar-refractivity contribution in [2.75, 3.05) is 13.7 Å². The van der Waals surface area contributed by atoms with E-state index in [1.54, 1.807) is 7.11 Å². The summed E-state index contributed by atoms with van der Waals surface area (Å²) >= 11 is 4.91. The molecular formula is C10H18N2O2S. The number of carbonyl (C=O) groups is 1. The van der Waals surface area contributed by atoms with E-state index >= 15 is 0 Å². The lowest BCUT2D eigenvalue weighted by atomic mass is 10.0. The molecule has 0 aromatic carbocycles. The van der Waals surface area contributed by atoms with Crippen molar-refractivity contribution in [2.45, 2.75) is 32.2 Å². The van der Waals surface area contributed by atoms with Gasteiger partial charge in [-0.05, 0) is 26.7 Å². The molecule has 3 N–H and O–H groups in total. The standard InChI is InChI=1S/C10H18N2O2S/c1-9(2,6-14-3)12-8(13)10(4-5-10)7(11)15/h4-6H2,1-3H3,(H2,11,15)(H,12,13). The second-order valence-corrected chi connectivity index (χ2v) is 5.16. The second kappa shape index (κ2) is 4.06. The van der Waals surface area contributed by atoms with Gasteiger partial charge in [0, 0.05) is 7.11 Å². The number of carbonyl (C=O) groups excluding carboxylic acids is 1. The van der Waals surface area contributed by atoms with Crippen molar-refractivity contribution in [3.8, 4) is 0 Å². The summed E-state index contributed by atoms with van der Waals surface area (Å²) in [7, 11) is 1.61. The fourth-order valence-corrected chi connectivity index (χ4v) is 1.83. The van der Waals surface area contributed by atoms with E-state index in [-0.39, 0.29) is 11.4 Å². The number of rotatable bonds is 5. The monoisotopic (exact) mass is 230 g/mol. The van der Waals surface area contributed by atoms with Gasteiger partial charge in [0.1, 0.15) is 0 Å². The molecule has 0 radical (unpaired) electrons. The molecule has 1 rings (SSSR count). The minimum atomic E-state index is -0.583. The third-order valence-corrected chi connectivity index (χ3v) is 3.00. The van der Waals surface area contributed by atoms with Gasteiger partial charge in [0.15, 0.2) is 0 Å². The van der Waals surface area contributed by atoms with Gasteiger partial charge in [-0.3, -0.25) is 4.79 Å². The Kier molecular flexibility index (Phi) is 3.35. The van der Waals surface area contributed by atoms with Crippen LogP contribution in [-0.4, -0.2) is 30.2 Å². The molecule has 1 fully saturated rings. The predicted molar refractivity (Wildman–Crippen MR) is 62.6 cm³/mol. The fraction of sp³-hybridized carbons (Fsp3) is 0.800. The summed E-state index contributed by atoms with van der Waals surface area (Å²) in [5.74, 6) is -0.0722. The van der Waals surface area contributed by atoms with Crippen LogP contribution in [0.2, 0.25) is 0 Å². The van der Waals surface area contributed by atoms with E-state index in [1.165, 1.54) is 0 Å². The molecule has 0 atom stereocenters. The van der Waals surface area contributed by atoms with Gasteiger partial charge in [0.2, 0.25) is 5.91 Å². The van der Waals surface area contributed by atoms with Gasteiger partial charge in [-0.1, -0.05) is 12.2 Å². The number of amides is 1. The van der Waals surface area contributed by atoms with Crippen LogP contribution in [0.15, 0.2) is 0 Å². The Morgan fingerprint density at radius 3 is 2.47 bits per heavy atom. The minimum Gasteiger partial charge on any atom is -0.392 e. The summed E-state index contributed by atoms with van der Waals surface area (Å²) < 4.78 is 5.02. The Labute approximate surface area is 95.5 Å². The van der Waals surface area contributed by atoms with Crippen LogP contribution in [0.4, 0.5) is 0 Å². The maximum atomic E-state index is 11.9. The molecule has 5 heteroatoms. The molecule has 0 aromatic heterocycles. The molecular weight excluding hydrogens is 212 g/mol. The van der Waals surface area contributed by atoms with E-state index in [2.05, 4.69) is 5.32 Å². The molecule has 0 bridgehead atoms. The van der Waals surface area contributed by atoms with E-state index in [0.29, 0.717) is 11.6 Å². The number of ether oxygens (including phenoxy) is 1. The molecule has 0 saturated heterocycles. The summed E-state index contributed by atoms with van der Waals surface area (Å²) in [5.41, 5.74) is 4.60. The van der Waals surface area contributed by atoms with Gasteiger partial charge in [-0.2, -0.15) is 0 Å². The first-order valence-corrected chi connectivity index (χ1v) is 5.36. The van der Waals surface area contributed by atoms with Crippen LogP contribution < -0.4 is 11.1 Å². The molecule has 4 nitrogen and oxygen atoms in total. The molecule has 0 aliphatic heterocycles. The van der Waals surface area contributed by atoms with Crippen molar-refractivity contribution in [2.24, 2.45) is 11.1 Å². The van der Waals surface area contributed by atoms with E-state index in [1.807, 2.05) is 13.8 Å². The van der Waals surface area contributed by atoms with Crippen LogP contribution in [0.25, 0.3) is 0 Å². The maximum absolute atomic E-state index is 11.9.